The Kier molecular flexibility index (Phi) is 4.34. The molecular formula is C13H19NO2. The molecule has 1 aromatic rings. The van der Waals surface area contributed by atoms with Crippen LogP contribution in [0.5, 0.6) is 0 Å². The first-order valence-corrected chi connectivity index (χ1v) is 5.89. The normalized spacial score (nSPS) is 26.3. The highest BCUT2D eigenvalue weighted by molar-refractivity contribution is 5.13. The fraction of sp³-hybridized carbons (Fsp3) is 0.538. The predicted octanol–water partition coefficient (Wildman–Crippen LogP) is 1.32. The summed E-state index contributed by atoms with van der Waals surface area (Å²) in [6.45, 7) is 2.18. The summed E-state index contributed by atoms with van der Waals surface area (Å²) in [7, 11) is 0. The smallest absolute Gasteiger partial charge is 0.0721 e. The molecule has 1 saturated heterocycles. The van der Waals surface area contributed by atoms with Crippen LogP contribution in [0.1, 0.15) is 18.4 Å². The van der Waals surface area contributed by atoms with Crippen LogP contribution >= 0.6 is 0 Å². The van der Waals surface area contributed by atoms with Crippen molar-refractivity contribution in [3.63, 3.8) is 0 Å². The van der Waals surface area contributed by atoms with E-state index in [4.69, 9.17) is 4.74 Å². The molecule has 16 heavy (non-hydrogen) atoms. The second kappa shape index (κ2) is 5.99. The van der Waals surface area contributed by atoms with E-state index in [1.54, 1.807) is 0 Å². The lowest BCUT2D eigenvalue weighted by Gasteiger charge is -2.15. The Morgan fingerprint density at radius 1 is 1.19 bits per heavy atom. The van der Waals surface area contributed by atoms with Crippen molar-refractivity contribution in [3.05, 3.63) is 35.9 Å². The summed E-state index contributed by atoms with van der Waals surface area (Å²) >= 11 is 0. The van der Waals surface area contributed by atoms with Gasteiger partial charge in [-0.1, -0.05) is 30.3 Å². The van der Waals surface area contributed by atoms with Gasteiger partial charge in [-0.25, -0.2) is 0 Å². The molecule has 1 fully saturated rings. The molecule has 2 rings (SSSR count). The van der Waals surface area contributed by atoms with E-state index in [9.17, 15) is 5.11 Å². The third-order valence-corrected chi connectivity index (χ3v) is 2.90. The van der Waals surface area contributed by atoms with Gasteiger partial charge in [-0.15, -0.1) is 0 Å². The Morgan fingerprint density at radius 2 is 2.00 bits per heavy atom. The Bertz CT molecular complexity index is 302. The third-order valence-electron chi connectivity index (χ3n) is 2.90. The van der Waals surface area contributed by atoms with Crippen LogP contribution in [0.25, 0.3) is 0 Å². The molecule has 1 aliphatic heterocycles. The molecule has 88 valence electrons. The number of hydrogen-bond donors (Lipinski definition) is 2. The lowest BCUT2D eigenvalue weighted by atomic mass is 10.1. The average molecular weight is 221 g/mol. The van der Waals surface area contributed by atoms with E-state index in [2.05, 4.69) is 17.4 Å². The number of benzene rings is 1. The third kappa shape index (κ3) is 3.59. The van der Waals surface area contributed by atoms with Gasteiger partial charge in [-0.2, -0.15) is 0 Å². The zero-order valence-corrected chi connectivity index (χ0v) is 9.43. The number of aliphatic hydroxyl groups excluding tert-OH is 1. The van der Waals surface area contributed by atoms with Crippen molar-refractivity contribution in [3.8, 4) is 0 Å². The molecule has 3 nitrogen and oxygen atoms in total. The fourth-order valence-corrected chi connectivity index (χ4v) is 1.92. The van der Waals surface area contributed by atoms with Crippen molar-refractivity contribution in [2.75, 3.05) is 13.1 Å². The molecule has 3 heteroatoms. The number of ether oxygens (including phenoxy) is 1. The van der Waals surface area contributed by atoms with Gasteiger partial charge in [-0.3, -0.25) is 0 Å². The highest BCUT2D eigenvalue weighted by atomic mass is 16.5. The van der Waals surface area contributed by atoms with Crippen molar-refractivity contribution in [2.24, 2.45) is 0 Å². The second-order valence-corrected chi connectivity index (χ2v) is 4.31. The largest absolute Gasteiger partial charge is 0.392 e. The van der Waals surface area contributed by atoms with Gasteiger partial charge in [-0.05, 0) is 18.4 Å². The van der Waals surface area contributed by atoms with Crippen molar-refractivity contribution in [1.29, 1.82) is 0 Å². The molecule has 0 amide bonds. The standard InChI is InChI=1S/C13H19NO2/c15-12-6-7-13(9-14-8-12)16-10-11-4-2-1-3-5-11/h1-5,12-15H,6-10H2. The highest BCUT2D eigenvalue weighted by Crippen LogP contribution is 2.11. The second-order valence-electron chi connectivity index (χ2n) is 4.31. The van der Waals surface area contributed by atoms with Gasteiger partial charge < -0.3 is 15.2 Å². The van der Waals surface area contributed by atoms with Crippen LogP contribution in [0.3, 0.4) is 0 Å². The van der Waals surface area contributed by atoms with Crippen molar-refractivity contribution >= 4 is 0 Å². The van der Waals surface area contributed by atoms with Crippen LogP contribution in [0.2, 0.25) is 0 Å². The maximum atomic E-state index is 9.47. The van der Waals surface area contributed by atoms with Crippen molar-refractivity contribution in [1.82, 2.24) is 5.32 Å². The molecular weight excluding hydrogens is 202 g/mol. The number of hydrogen-bond acceptors (Lipinski definition) is 3. The summed E-state index contributed by atoms with van der Waals surface area (Å²) in [5.74, 6) is 0. The number of aliphatic hydroxyl groups is 1. The van der Waals surface area contributed by atoms with Crippen LogP contribution in [0.4, 0.5) is 0 Å². The minimum atomic E-state index is -0.217. The summed E-state index contributed by atoms with van der Waals surface area (Å²) in [5, 5.41) is 12.7. The zero-order valence-electron chi connectivity index (χ0n) is 9.43. The van der Waals surface area contributed by atoms with E-state index in [0.717, 1.165) is 19.4 Å². The van der Waals surface area contributed by atoms with Gasteiger partial charge in [0.15, 0.2) is 0 Å². The molecule has 2 atom stereocenters. The van der Waals surface area contributed by atoms with Gasteiger partial charge in [0.05, 0.1) is 18.8 Å². The Labute approximate surface area is 96.4 Å². The SMILES string of the molecule is OC1CCC(OCc2ccccc2)CNC1. The first-order chi connectivity index (χ1) is 7.84. The van der Waals surface area contributed by atoms with Crippen molar-refractivity contribution in [2.45, 2.75) is 31.7 Å². The van der Waals surface area contributed by atoms with Crippen molar-refractivity contribution < 1.29 is 9.84 Å². The summed E-state index contributed by atoms with van der Waals surface area (Å²) in [6, 6.07) is 10.2. The summed E-state index contributed by atoms with van der Waals surface area (Å²) in [4.78, 5) is 0. The Hall–Kier alpha value is -0.900. The maximum absolute atomic E-state index is 9.47. The zero-order chi connectivity index (χ0) is 11.2. The first-order valence-electron chi connectivity index (χ1n) is 5.89. The molecule has 0 saturated carbocycles. The topological polar surface area (TPSA) is 41.5 Å². The van der Waals surface area contributed by atoms with Gasteiger partial charge in [0.25, 0.3) is 0 Å². The summed E-state index contributed by atoms with van der Waals surface area (Å²) in [5.41, 5.74) is 1.20. The number of rotatable bonds is 3. The van der Waals surface area contributed by atoms with Crippen LogP contribution in [0.15, 0.2) is 30.3 Å². The van der Waals surface area contributed by atoms with Gasteiger partial charge >= 0.3 is 0 Å². The van der Waals surface area contributed by atoms with Crippen LogP contribution in [0, 0.1) is 0 Å². The van der Waals surface area contributed by atoms with E-state index in [1.165, 1.54) is 5.56 Å². The number of nitrogens with one attached hydrogen (secondary N) is 1. The van der Waals surface area contributed by atoms with E-state index in [0.29, 0.717) is 13.2 Å². The van der Waals surface area contributed by atoms with Crippen LogP contribution in [-0.2, 0) is 11.3 Å². The van der Waals surface area contributed by atoms with Crippen LogP contribution in [-0.4, -0.2) is 30.4 Å². The van der Waals surface area contributed by atoms with E-state index in [1.807, 2.05) is 18.2 Å². The maximum Gasteiger partial charge on any atom is 0.0721 e. The van der Waals surface area contributed by atoms with Crippen LogP contribution < -0.4 is 5.32 Å². The molecule has 0 aromatic heterocycles. The molecule has 1 aromatic carbocycles. The molecule has 1 aliphatic rings. The predicted molar refractivity (Wildman–Crippen MR) is 63.1 cm³/mol. The fourth-order valence-electron chi connectivity index (χ4n) is 1.92. The Morgan fingerprint density at radius 3 is 2.81 bits per heavy atom. The summed E-state index contributed by atoms with van der Waals surface area (Å²) in [6.07, 6.45) is 1.76. The molecule has 2 unspecified atom stereocenters. The first kappa shape index (κ1) is 11.6. The van der Waals surface area contributed by atoms with Gasteiger partial charge in [0, 0.05) is 13.1 Å². The molecule has 0 aliphatic carbocycles. The van der Waals surface area contributed by atoms with Gasteiger partial charge in [0.2, 0.25) is 0 Å². The highest BCUT2D eigenvalue weighted by Gasteiger charge is 2.16. The van der Waals surface area contributed by atoms with E-state index >= 15 is 0 Å². The summed E-state index contributed by atoms with van der Waals surface area (Å²) < 4.78 is 5.82. The molecule has 2 N–H and O–H groups in total. The minimum absolute atomic E-state index is 0.217. The van der Waals surface area contributed by atoms with E-state index < -0.39 is 0 Å². The molecule has 0 spiro atoms. The minimum Gasteiger partial charge on any atom is -0.392 e. The molecule has 0 radical (unpaired) electrons. The lowest BCUT2D eigenvalue weighted by Crippen LogP contribution is -2.29. The quantitative estimate of drug-likeness (QED) is 0.808. The monoisotopic (exact) mass is 221 g/mol. The number of β-amino-alcohol motifs (C(OH)–C–C–N with tert-alkyl or cyclic N) is 1. The lowest BCUT2D eigenvalue weighted by molar-refractivity contribution is 0.0357. The molecule has 1 heterocycles. The Balaban J connectivity index is 1.77. The average Bonchev–Trinajstić information content (AvgIpc) is 2.53. The van der Waals surface area contributed by atoms with Gasteiger partial charge in [0.1, 0.15) is 0 Å². The molecule has 0 bridgehead atoms. The van der Waals surface area contributed by atoms with E-state index in [-0.39, 0.29) is 12.2 Å².